The van der Waals surface area contributed by atoms with Gasteiger partial charge in [0.25, 0.3) is 0 Å². The summed E-state index contributed by atoms with van der Waals surface area (Å²) in [6.45, 7) is 8.88. The number of Topliss-reactive ketones (excluding diaryl/α,β-unsaturated/α-hetero) is 1. The summed E-state index contributed by atoms with van der Waals surface area (Å²) in [4.78, 5) is 25.5. The predicted octanol–water partition coefficient (Wildman–Crippen LogP) is 1.37. The zero-order valence-electron chi connectivity index (χ0n) is 15.2. The molecule has 0 saturated carbocycles. The van der Waals surface area contributed by atoms with E-state index in [0.717, 1.165) is 0 Å². The minimum Gasteiger partial charge on any atom is -0.391 e. The fourth-order valence-corrected chi connectivity index (χ4v) is 5.73. The van der Waals surface area contributed by atoms with Crippen molar-refractivity contribution in [2.24, 2.45) is 0 Å². The Hall–Kier alpha value is -0.803. The first kappa shape index (κ1) is 21.2. The standard InChI is InChI=1S/C16H31NO6Si/c1-5-21-24(22-6-2,23-7-3)10-8-9-16(20)15-11-14(19)12-17(15)13(4)18/h14-15,19H,5-12H2,1-4H3/t14?,15-/m0/s1. The van der Waals surface area contributed by atoms with Gasteiger partial charge in [0.1, 0.15) is 0 Å². The van der Waals surface area contributed by atoms with Gasteiger partial charge in [0.05, 0.1) is 12.1 Å². The topological polar surface area (TPSA) is 85.3 Å². The van der Waals surface area contributed by atoms with Crippen molar-refractivity contribution in [1.29, 1.82) is 0 Å². The second kappa shape index (κ2) is 10.2. The van der Waals surface area contributed by atoms with E-state index in [4.69, 9.17) is 13.3 Å². The first-order valence-corrected chi connectivity index (χ1v) is 10.7. The van der Waals surface area contributed by atoms with Crippen LogP contribution in [0.3, 0.4) is 0 Å². The number of rotatable bonds is 11. The predicted molar refractivity (Wildman–Crippen MR) is 91.5 cm³/mol. The lowest BCUT2D eigenvalue weighted by molar-refractivity contribution is -0.136. The van der Waals surface area contributed by atoms with Gasteiger partial charge < -0.3 is 23.3 Å². The molecule has 1 amide bonds. The molecule has 0 aliphatic carbocycles. The Balaban J connectivity index is 2.59. The summed E-state index contributed by atoms with van der Waals surface area (Å²) in [6.07, 6.45) is 0.613. The molecular weight excluding hydrogens is 330 g/mol. The molecule has 2 atom stereocenters. The highest BCUT2D eigenvalue weighted by molar-refractivity contribution is 6.60. The molecule has 1 saturated heterocycles. The van der Waals surface area contributed by atoms with E-state index >= 15 is 0 Å². The summed E-state index contributed by atoms with van der Waals surface area (Å²) in [6, 6.07) is 0.0590. The van der Waals surface area contributed by atoms with Gasteiger partial charge in [-0.1, -0.05) is 0 Å². The van der Waals surface area contributed by atoms with Crippen molar-refractivity contribution in [1.82, 2.24) is 4.90 Å². The highest BCUT2D eigenvalue weighted by Gasteiger charge is 2.41. The molecule has 0 aromatic carbocycles. The average molecular weight is 362 g/mol. The highest BCUT2D eigenvalue weighted by atomic mass is 28.4. The number of β-amino-alcohol motifs (C(OH)–C–C–N with tert-alkyl or cyclic N) is 1. The summed E-state index contributed by atoms with van der Waals surface area (Å²) < 4.78 is 17.3. The van der Waals surface area contributed by atoms with Crippen molar-refractivity contribution in [2.45, 2.75) is 65.1 Å². The van der Waals surface area contributed by atoms with Gasteiger partial charge in [-0.2, -0.15) is 0 Å². The molecule has 0 aromatic heterocycles. The summed E-state index contributed by atoms with van der Waals surface area (Å²) in [7, 11) is -2.74. The fourth-order valence-electron chi connectivity index (χ4n) is 3.11. The highest BCUT2D eigenvalue weighted by Crippen LogP contribution is 2.23. The number of ketones is 1. The molecule has 1 aliphatic heterocycles. The first-order chi connectivity index (χ1) is 11.4. The largest absolute Gasteiger partial charge is 0.500 e. The molecule has 1 fully saturated rings. The molecule has 1 N–H and O–H groups in total. The summed E-state index contributed by atoms with van der Waals surface area (Å²) in [5, 5.41) is 9.73. The summed E-state index contributed by atoms with van der Waals surface area (Å²) in [5.41, 5.74) is 0. The van der Waals surface area contributed by atoms with Crippen molar-refractivity contribution < 1.29 is 28.0 Å². The first-order valence-electron chi connectivity index (χ1n) is 8.78. The average Bonchev–Trinajstić information content (AvgIpc) is 2.90. The van der Waals surface area contributed by atoms with Gasteiger partial charge in [-0.15, -0.1) is 0 Å². The van der Waals surface area contributed by atoms with Crippen LogP contribution in [-0.2, 0) is 22.9 Å². The van der Waals surface area contributed by atoms with E-state index in [0.29, 0.717) is 45.1 Å². The number of hydrogen-bond donors (Lipinski definition) is 1. The lowest BCUT2D eigenvalue weighted by atomic mass is 10.1. The Kier molecular flexibility index (Phi) is 9.07. The van der Waals surface area contributed by atoms with Crippen molar-refractivity contribution in [2.75, 3.05) is 26.4 Å². The van der Waals surface area contributed by atoms with Crippen molar-refractivity contribution in [3.63, 3.8) is 0 Å². The minimum atomic E-state index is -2.74. The molecule has 24 heavy (non-hydrogen) atoms. The lowest BCUT2D eigenvalue weighted by Gasteiger charge is -2.28. The van der Waals surface area contributed by atoms with E-state index in [2.05, 4.69) is 0 Å². The maximum Gasteiger partial charge on any atom is 0.500 e. The van der Waals surface area contributed by atoms with Crippen LogP contribution in [-0.4, -0.2) is 69.0 Å². The summed E-state index contributed by atoms with van der Waals surface area (Å²) >= 11 is 0. The third-order valence-electron chi connectivity index (χ3n) is 4.05. The van der Waals surface area contributed by atoms with Crippen LogP contribution >= 0.6 is 0 Å². The van der Waals surface area contributed by atoms with Crippen LogP contribution in [0.25, 0.3) is 0 Å². The monoisotopic (exact) mass is 361 g/mol. The molecule has 1 heterocycles. The van der Waals surface area contributed by atoms with Crippen molar-refractivity contribution in [3.8, 4) is 0 Å². The Bertz CT molecular complexity index is 402. The molecule has 1 unspecified atom stereocenters. The second-order valence-corrected chi connectivity index (χ2v) is 8.61. The van der Waals surface area contributed by atoms with E-state index in [9.17, 15) is 14.7 Å². The molecule has 0 spiro atoms. The Labute approximate surface area is 145 Å². The van der Waals surface area contributed by atoms with E-state index in [1.807, 2.05) is 20.8 Å². The zero-order valence-corrected chi connectivity index (χ0v) is 16.2. The molecule has 0 aromatic rings. The number of nitrogens with zero attached hydrogens (tertiary/aromatic N) is 1. The van der Waals surface area contributed by atoms with Crippen LogP contribution in [0.4, 0.5) is 0 Å². The molecule has 1 aliphatic rings. The molecule has 0 radical (unpaired) electrons. The number of aliphatic hydroxyl groups excluding tert-OH is 1. The van der Waals surface area contributed by atoms with E-state index in [1.165, 1.54) is 11.8 Å². The van der Waals surface area contributed by atoms with Gasteiger partial charge in [-0.05, 0) is 27.2 Å². The number of hydrogen-bond acceptors (Lipinski definition) is 6. The van der Waals surface area contributed by atoms with Gasteiger partial charge in [-0.25, -0.2) is 0 Å². The quantitative estimate of drug-likeness (QED) is 0.560. The van der Waals surface area contributed by atoms with Crippen LogP contribution in [0.5, 0.6) is 0 Å². The number of likely N-dealkylation sites (tertiary alicyclic amines) is 1. The Morgan fingerprint density at radius 3 is 2.12 bits per heavy atom. The van der Waals surface area contributed by atoms with Crippen molar-refractivity contribution >= 4 is 20.5 Å². The fraction of sp³-hybridized carbons (Fsp3) is 0.875. The number of amides is 1. The maximum absolute atomic E-state index is 12.5. The molecule has 0 bridgehead atoms. The van der Waals surface area contributed by atoms with Crippen LogP contribution < -0.4 is 0 Å². The SMILES string of the molecule is CCO[Si](CCCC(=O)[C@@H]1CC(O)CN1C(C)=O)(OCC)OCC. The number of carbonyl (C=O) groups excluding carboxylic acids is 2. The normalized spacial score (nSPS) is 21.3. The minimum absolute atomic E-state index is 0.0193. The molecule has 7 nitrogen and oxygen atoms in total. The van der Waals surface area contributed by atoms with Gasteiger partial charge in [0.15, 0.2) is 5.78 Å². The van der Waals surface area contributed by atoms with Crippen LogP contribution in [0.15, 0.2) is 0 Å². The van der Waals surface area contributed by atoms with Crippen LogP contribution in [0.2, 0.25) is 6.04 Å². The van der Waals surface area contributed by atoms with E-state index in [-0.39, 0.29) is 18.2 Å². The molecule has 1 rings (SSSR count). The van der Waals surface area contributed by atoms with Gasteiger partial charge in [-0.3, -0.25) is 9.59 Å². The van der Waals surface area contributed by atoms with Gasteiger partial charge in [0.2, 0.25) is 5.91 Å². The third-order valence-corrected chi connectivity index (χ3v) is 7.21. The summed E-state index contributed by atoms with van der Waals surface area (Å²) in [5.74, 6) is -0.194. The van der Waals surface area contributed by atoms with Gasteiger partial charge >= 0.3 is 8.80 Å². The van der Waals surface area contributed by atoms with E-state index < -0.39 is 21.0 Å². The van der Waals surface area contributed by atoms with Gasteiger partial charge in [0, 0.05) is 52.2 Å². The van der Waals surface area contributed by atoms with Crippen LogP contribution in [0, 0.1) is 0 Å². The smallest absolute Gasteiger partial charge is 0.391 e. The lowest BCUT2D eigenvalue weighted by Crippen LogP contribution is -2.46. The number of carbonyl (C=O) groups is 2. The molecular formula is C16H31NO6Si. The third kappa shape index (κ3) is 5.93. The number of aliphatic hydroxyl groups is 1. The molecule has 8 heteroatoms. The van der Waals surface area contributed by atoms with Crippen molar-refractivity contribution in [3.05, 3.63) is 0 Å². The zero-order chi connectivity index (χ0) is 18.2. The van der Waals surface area contributed by atoms with Crippen LogP contribution in [0.1, 0.15) is 47.0 Å². The molecule has 140 valence electrons. The second-order valence-electron chi connectivity index (χ2n) is 5.88. The Morgan fingerprint density at radius 2 is 1.67 bits per heavy atom. The van der Waals surface area contributed by atoms with E-state index in [1.54, 1.807) is 0 Å². The maximum atomic E-state index is 12.5. The Morgan fingerprint density at radius 1 is 1.12 bits per heavy atom.